The maximum Gasteiger partial charge on any atom is 0.132 e. The molecule has 0 amide bonds. The van der Waals surface area contributed by atoms with E-state index in [-0.39, 0.29) is 5.82 Å². The predicted octanol–water partition coefficient (Wildman–Crippen LogP) is 4.29. The van der Waals surface area contributed by atoms with Gasteiger partial charge in [-0.05, 0) is 42.8 Å². The van der Waals surface area contributed by atoms with Gasteiger partial charge in [0.25, 0.3) is 0 Å². The summed E-state index contributed by atoms with van der Waals surface area (Å²) in [6, 6.07) is 12.6. The molecule has 0 heterocycles. The van der Waals surface area contributed by atoms with Crippen LogP contribution in [0.2, 0.25) is 0 Å². The van der Waals surface area contributed by atoms with E-state index in [0.717, 1.165) is 29.8 Å². The van der Waals surface area contributed by atoms with Crippen molar-refractivity contribution in [2.24, 2.45) is 0 Å². The third-order valence-electron chi connectivity index (χ3n) is 3.16. The van der Waals surface area contributed by atoms with Crippen molar-refractivity contribution in [2.45, 2.75) is 26.8 Å². The van der Waals surface area contributed by atoms with Gasteiger partial charge in [0.1, 0.15) is 17.3 Å². The highest BCUT2D eigenvalue weighted by atomic mass is 19.1. The van der Waals surface area contributed by atoms with Crippen molar-refractivity contribution >= 4 is 0 Å². The molecule has 0 unspecified atom stereocenters. The Morgan fingerprint density at radius 3 is 2.50 bits per heavy atom. The molecule has 0 bridgehead atoms. The van der Waals surface area contributed by atoms with Crippen LogP contribution < -0.4 is 10.1 Å². The van der Waals surface area contributed by atoms with E-state index >= 15 is 0 Å². The van der Waals surface area contributed by atoms with Gasteiger partial charge in [0.2, 0.25) is 0 Å². The van der Waals surface area contributed by atoms with Gasteiger partial charge < -0.3 is 10.1 Å². The summed E-state index contributed by atoms with van der Waals surface area (Å²) in [5, 5.41) is 3.20. The average Bonchev–Trinajstić information content (AvgIpc) is 2.48. The fourth-order valence-corrected chi connectivity index (χ4v) is 2.06. The van der Waals surface area contributed by atoms with E-state index in [1.807, 2.05) is 31.2 Å². The first-order valence-corrected chi connectivity index (χ1v) is 6.99. The number of ether oxygens (including phenoxy) is 1. The van der Waals surface area contributed by atoms with Crippen molar-refractivity contribution < 1.29 is 9.13 Å². The van der Waals surface area contributed by atoms with Gasteiger partial charge in [-0.2, -0.15) is 0 Å². The summed E-state index contributed by atoms with van der Waals surface area (Å²) in [6.07, 6.45) is 0.903. The summed E-state index contributed by atoms with van der Waals surface area (Å²) in [4.78, 5) is 0. The van der Waals surface area contributed by atoms with Crippen LogP contribution in [0.1, 0.15) is 25.0 Å². The van der Waals surface area contributed by atoms with Gasteiger partial charge in [-0.15, -0.1) is 0 Å². The monoisotopic (exact) mass is 273 g/mol. The van der Waals surface area contributed by atoms with Crippen LogP contribution in [0.15, 0.2) is 42.5 Å². The van der Waals surface area contributed by atoms with Gasteiger partial charge in [-0.1, -0.05) is 32.0 Å². The number of benzene rings is 2. The smallest absolute Gasteiger partial charge is 0.132 e. The third-order valence-corrected chi connectivity index (χ3v) is 3.16. The minimum atomic E-state index is -0.242. The molecule has 1 N–H and O–H groups in total. The SMILES string of the molecule is CCNCc1cc(F)ccc1Oc1ccccc1CC. The Bertz CT molecular complexity index is 569. The number of rotatable bonds is 6. The van der Waals surface area contributed by atoms with Gasteiger partial charge in [0, 0.05) is 12.1 Å². The second-order valence-electron chi connectivity index (χ2n) is 4.60. The highest BCUT2D eigenvalue weighted by Crippen LogP contribution is 2.29. The molecule has 0 radical (unpaired) electrons. The van der Waals surface area contributed by atoms with Crippen LogP contribution in [0, 0.1) is 5.82 Å². The highest BCUT2D eigenvalue weighted by Gasteiger charge is 2.08. The number of halogens is 1. The van der Waals surface area contributed by atoms with Crippen molar-refractivity contribution in [1.29, 1.82) is 0 Å². The lowest BCUT2D eigenvalue weighted by atomic mass is 10.1. The molecule has 2 aromatic carbocycles. The standard InChI is InChI=1S/C17H20FNO/c1-3-13-7-5-6-8-16(13)20-17-10-9-15(18)11-14(17)12-19-4-2/h5-11,19H,3-4,12H2,1-2H3. The van der Waals surface area contributed by atoms with E-state index in [2.05, 4.69) is 12.2 Å². The first-order valence-electron chi connectivity index (χ1n) is 6.99. The van der Waals surface area contributed by atoms with E-state index in [9.17, 15) is 4.39 Å². The Hall–Kier alpha value is -1.87. The van der Waals surface area contributed by atoms with Gasteiger partial charge in [-0.25, -0.2) is 4.39 Å². The van der Waals surface area contributed by atoms with Crippen LogP contribution in [0.5, 0.6) is 11.5 Å². The maximum atomic E-state index is 13.4. The minimum Gasteiger partial charge on any atom is -0.457 e. The lowest BCUT2D eigenvalue weighted by Gasteiger charge is -2.14. The zero-order valence-electron chi connectivity index (χ0n) is 11.9. The first-order chi connectivity index (χ1) is 9.74. The first kappa shape index (κ1) is 14.5. The molecule has 0 fully saturated rings. The number of hydrogen-bond donors (Lipinski definition) is 1. The topological polar surface area (TPSA) is 21.3 Å². The second kappa shape index (κ2) is 7.06. The summed E-state index contributed by atoms with van der Waals surface area (Å²) in [5.74, 6) is 1.29. The largest absolute Gasteiger partial charge is 0.457 e. The Labute approximate surface area is 119 Å². The number of hydrogen-bond acceptors (Lipinski definition) is 2. The van der Waals surface area contributed by atoms with Crippen LogP contribution in [0.25, 0.3) is 0 Å². The number of aryl methyl sites for hydroxylation is 1. The lowest BCUT2D eigenvalue weighted by molar-refractivity contribution is 0.465. The van der Waals surface area contributed by atoms with Crippen LogP contribution in [-0.2, 0) is 13.0 Å². The molecule has 0 spiro atoms. The Balaban J connectivity index is 2.28. The molecule has 0 atom stereocenters. The molecule has 0 aromatic heterocycles. The maximum absolute atomic E-state index is 13.4. The summed E-state index contributed by atoms with van der Waals surface area (Å²) in [7, 11) is 0. The summed E-state index contributed by atoms with van der Waals surface area (Å²) < 4.78 is 19.4. The molecule has 0 saturated carbocycles. The van der Waals surface area contributed by atoms with E-state index in [1.165, 1.54) is 12.1 Å². The normalized spacial score (nSPS) is 10.6. The zero-order chi connectivity index (χ0) is 14.4. The molecule has 106 valence electrons. The molecular weight excluding hydrogens is 253 g/mol. The van der Waals surface area contributed by atoms with Crippen molar-refractivity contribution in [3.8, 4) is 11.5 Å². The van der Waals surface area contributed by atoms with Crippen LogP contribution in [-0.4, -0.2) is 6.54 Å². The molecule has 2 rings (SSSR count). The van der Waals surface area contributed by atoms with Gasteiger partial charge in [0.05, 0.1) is 0 Å². The molecule has 3 heteroatoms. The predicted molar refractivity (Wildman–Crippen MR) is 79.7 cm³/mol. The zero-order valence-corrected chi connectivity index (χ0v) is 11.9. The van der Waals surface area contributed by atoms with Crippen molar-refractivity contribution in [3.63, 3.8) is 0 Å². The molecule has 2 aromatic rings. The highest BCUT2D eigenvalue weighted by molar-refractivity contribution is 5.41. The van der Waals surface area contributed by atoms with Gasteiger partial charge in [-0.3, -0.25) is 0 Å². The molecule has 0 aliphatic rings. The molecular formula is C17H20FNO. The van der Waals surface area contributed by atoms with Crippen LogP contribution >= 0.6 is 0 Å². The van der Waals surface area contributed by atoms with E-state index < -0.39 is 0 Å². The van der Waals surface area contributed by atoms with Crippen LogP contribution in [0.3, 0.4) is 0 Å². The molecule has 20 heavy (non-hydrogen) atoms. The van der Waals surface area contributed by atoms with Crippen LogP contribution in [0.4, 0.5) is 4.39 Å². The molecule has 2 nitrogen and oxygen atoms in total. The Morgan fingerprint density at radius 2 is 1.75 bits per heavy atom. The fourth-order valence-electron chi connectivity index (χ4n) is 2.06. The number of para-hydroxylation sites is 1. The summed E-state index contributed by atoms with van der Waals surface area (Å²) >= 11 is 0. The molecule has 0 aliphatic carbocycles. The third kappa shape index (κ3) is 3.58. The van der Waals surface area contributed by atoms with Crippen molar-refractivity contribution in [3.05, 3.63) is 59.4 Å². The fraction of sp³-hybridized carbons (Fsp3) is 0.294. The van der Waals surface area contributed by atoms with E-state index in [0.29, 0.717) is 12.3 Å². The summed E-state index contributed by atoms with van der Waals surface area (Å²) in [5.41, 5.74) is 1.98. The quantitative estimate of drug-likeness (QED) is 0.847. The average molecular weight is 273 g/mol. The van der Waals surface area contributed by atoms with Gasteiger partial charge >= 0.3 is 0 Å². The lowest BCUT2D eigenvalue weighted by Crippen LogP contribution is -2.12. The van der Waals surface area contributed by atoms with E-state index in [1.54, 1.807) is 6.07 Å². The Kier molecular flexibility index (Phi) is 5.13. The van der Waals surface area contributed by atoms with Crippen molar-refractivity contribution in [2.75, 3.05) is 6.54 Å². The van der Waals surface area contributed by atoms with E-state index in [4.69, 9.17) is 4.74 Å². The Morgan fingerprint density at radius 1 is 1.00 bits per heavy atom. The van der Waals surface area contributed by atoms with Gasteiger partial charge in [0.15, 0.2) is 0 Å². The number of nitrogens with one attached hydrogen (secondary N) is 1. The minimum absolute atomic E-state index is 0.242. The molecule has 0 saturated heterocycles. The summed E-state index contributed by atoms with van der Waals surface area (Å²) in [6.45, 7) is 5.54. The molecule has 0 aliphatic heterocycles. The van der Waals surface area contributed by atoms with Crippen molar-refractivity contribution in [1.82, 2.24) is 5.32 Å². The second-order valence-corrected chi connectivity index (χ2v) is 4.60.